The Hall–Kier alpha value is -1.46. The van der Waals surface area contributed by atoms with Crippen LogP contribution in [0.25, 0.3) is 0 Å². The van der Waals surface area contributed by atoms with Crippen LogP contribution in [-0.4, -0.2) is 28.3 Å². The molecule has 1 aliphatic rings. The van der Waals surface area contributed by atoms with Crippen molar-refractivity contribution >= 4 is 29.3 Å². The first-order chi connectivity index (χ1) is 11.1. The number of hydrogen-bond donors (Lipinski definition) is 0. The van der Waals surface area contributed by atoms with Gasteiger partial charge in [0.25, 0.3) is 0 Å². The maximum atomic E-state index is 12.5. The maximum absolute atomic E-state index is 12.5. The molecule has 0 aliphatic carbocycles. The second-order valence-corrected chi connectivity index (χ2v) is 7.08. The lowest BCUT2D eigenvalue weighted by Gasteiger charge is -2.22. The standard InChI is InChI=1S/C17H19ClN2O2S/c1-12-9-15(19-22-12)16-7-4-8-20(16)17(21)11-23-10-13-5-2-3-6-14(13)18/h2-3,5-6,9,16H,4,7-8,10-11H2,1H3. The molecule has 1 aliphatic heterocycles. The number of aromatic nitrogens is 1. The molecule has 2 heterocycles. The Morgan fingerprint density at radius 3 is 3.04 bits per heavy atom. The normalized spacial score (nSPS) is 17.7. The lowest BCUT2D eigenvalue weighted by molar-refractivity contribution is -0.129. The molecule has 1 unspecified atom stereocenters. The summed E-state index contributed by atoms with van der Waals surface area (Å²) in [4.78, 5) is 14.5. The minimum Gasteiger partial charge on any atom is -0.361 e. The van der Waals surface area contributed by atoms with Gasteiger partial charge in [-0.2, -0.15) is 0 Å². The van der Waals surface area contributed by atoms with E-state index in [0.717, 1.165) is 47.2 Å². The predicted octanol–water partition coefficient (Wildman–Crippen LogP) is 4.23. The Balaban J connectivity index is 1.56. The zero-order valence-electron chi connectivity index (χ0n) is 13.0. The Labute approximate surface area is 145 Å². The van der Waals surface area contributed by atoms with E-state index in [0.29, 0.717) is 5.75 Å². The first-order valence-electron chi connectivity index (χ1n) is 7.69. The molecule has 4 nitrogen and oxygen atoms in total. The highest BCUT2D eigenvalue weighted by Crippen LogP contribution is 2.32. The van der Waals surface area contributed by atoms with Crippen LogP contribution < -0.4 is 0 Å². The van der Waals surface area contributed by atoms with Gasteiger partial charge in [-0.15, -0.1) is 11.8 Å². The largest absolute Gasteiger partial charge is 0.361 e. The van der Waals surface area contributed by atoms with Gasteiger partial charge in [0.15, 0.2) is 0 Å². The van der Waals surface area contributed by atoms with Gasteiger partial charge in [-0.3, -0.25) is 4.79 Å². The number of nitrogens with zero attached hydrogens (tertiary/aromatic N) is 2. The molecule has 0 bridgehead atoms. The van der Waals surface area contributed by atoms with E-state index in [9.17, 15) is 4.79 Å². The summed E-state index contributed by atoms with van der Waals surface area (Å²) in [6.07, 6.45) is 1.96. The fourth-order valence-electron chi connectivity index (χ4n) is 2.86. The van der Waals surface area contributed by atoms with Crippen LogP contribution in [0.4, 0.5) is 0 Å². The number of likely N-dealkylation sites (tertiary alicyclic amines) is 1. The van der Waals surface area contributed by atoms with Crippen molar-refractivity contribution in [2.75, 3.05) is 12.3 Å². The van der Waals surface area contributed by atoms with Crippen LogP contribution in [0.15, 0.2) is 34.9 Å². The molecule has 6 heteroatoms. The number of hydrogen-bond acceptors (Lipinski definition) is 4. The minimum absolute atomic E-state index is 0.0564. The number of aryl methyl sites for hydroxylation is 1. The molecule has 1 aromatic heterocycles. The molecule has 0 saturated carbocycles. The number of carbonyl (C=O) groups is 1. The van der Waals surface area contributed by atoms with Crippen molar-refractivity contribution in [1.29, 1.82) is 0 Å². The quantitative estimate of drug-likeness (QED) is 0.809. The number of thioether (sulfide) groups is 1. The number of amides is 1. The topological polar surface area (TPSA) is 46.3 Å². The zero-order chi connectivity index (χ0) is 16.2. The number of benzene rings is 1. The van der Waals surface area contributed by atoms with Crippen LogP contribution >= 0.6 is 23.4 Å². The van der Waals surface area contributed by atoms with Gasteiger partial charge in [0.2, 0.25) is 5.91 Å². The van der Waals surface area contributed by atoms with Crippen molar-refractivity contribution in [1.82, 2.24) is 10.1 Å². The second-order valence-electron chi connectivity index (χ2n) is 5.69. The van der Waals surface area contributed by atoms with Crippen LogP contribution in [0.2, 0.25) is 5.02 Å². The molecule has 3 rings (SSSR count). The highest BCUT2D eigenvalue weighted by atomic mass is 35.5. The summed E-state index contributed by atoms with van der Waals surface area (Å²) in [7, 11) is 0. The number of rotatable bonds is 5. The van der Waals surface area contributed by atoms with Crippen LogP contribution in [0.5, 0.6) is 0 Å². The highest BCUT2D eigenvalue weighted by Gasteiger charge is 2.31. The number of halogens is 1. The fraction of sp³-hybridized carbons (Fsp3) is 0.412. The van der Waals surface area contributed by atoms with Gasteiger partial charge in [0, 0.05) is 23.4 Å². The van der Waals surface area contributed by atoms with Gasteiger partial charge in [-0.1, -0.05) is 35.0 Å². The van der Waals surface area contributed by atoms with Crippen molar-refractivity contribution in [3.05, 3.63) is 52.4 Å². The Morgan fingerprint density at radius 1 is 1.48 bits per heavy atom. The minimum atomic E-state index is 0.0564. The van der Waals surface area contributed by atoms with Crippen molar-refractivity contribution in [2.24, 2.45) is 0 Å². The summed E-state index contributed by atoms with van der Waals surface area (Å²) >= 11 is 7.74. The molecule has 122 valence electrons. The Morgan fingerprint density at radius 2 is 2.30 bits per heavy atom. The average Bonchev–Trinajstić information content (AvgIpc) is 3.17. The van der Waals surface area contributed by atoms with Gasteiger partial charge >= 0.3 is 0 Å². The summed E-state index contributed by atoms with van der Waals surface area (Å²) in [6, 6.07) is 9.73. The highest BCUT2D eigenvalue weighted by molar-refractivity contribution is 7.99. The van der Waals surface area contributed by atoms with E-state index < -0.39 is 0 Å². The summed E-state index contributed by atoms with van der Waals surface area (Å²) in [5.74, 6) is 2.14. The van der Waals surface area contributed by atoms with Crippen molar-refractivity contribution in [2.45, 2.75) is 31.6 Å². The van der Waals surface area contributed by atoms with Gasteiger partial charge in [-0.25, -0.2) is 0 Å². The molecule has 1 atom stereocenters. The van der Waals surface area contributed by atoms with Crippen LogP contribution in [0, 0.1) is 6.92 Å². The molecule has 0 radical (unpaired) electrons. The van der Waals surface area contributed by atoms with E-state index in [1.807, 2.05) is 42.2 Å². The van der Waals surface area contributed by atoms with Crippen LogP contribution in [0.1, 0.15) is 35.9 Å². The van der Waals surface area contributed by atoms with Gasteiger partial charge < -0.3 is 9.42 Å². The molecule has 1 amide bonds. The van der Waals surface area contributed by atoms with E-state index in [2.05, 4.69) is 5.16 Å². The smallest absolute Gasteiger partial charge is 0.233 e. The van der Waals surface area contributed by atoms with E-state index >= 15 is 0 Å². The van der Waals surface area contributed by atoms with Crippen LogP contribution in [-0.2, 0) is 10.5 Å². The second kappa shape index (κ2) is 7.41. The van der Waals surface area contributed by atoms with E-state index in [1.54, 1.807) is 11.8 Å². The predicted molar refractivity (Wildman–Crippen MR) is 92.5 cm³/mol. The molecule has 1 fully saturated rings. The average molecular weight is 351 g/mol. The van der Waals surface area contributed by atoms with Crippen LogP contribution in [0.3, 0.4) is 0 Å². The summed E-state index contributed by atoms with van der Waals surface area (Å²) in [5, 5.41) is 4.83. The third-order valence-electron chi connectivity index (χ3n) is 4.00. The van der Waals surface area contributed by atoms with E-state index in [1.165, 1.54) is 0 Å². The van der Waals surface area contributed by atoms with Gasteiger partial charge in [-0.05, 0) is 31.4 Å². The molecule has 1 aromatic carbocycles. The van der Waals surface area contributed by atoms with Gasteiger partial charge in [0.1, 0.15) is 11.5 Å². The van der Waals surface area contributed by atoms with Gasteiger partial charge in [0.05, 0.1) is 11.8 Å². The van der Waals surface area contributed by atoms with Crippen molar-refractivity contribution < 1.29 is 9.32 Å². The summed E-state index contributed by atoms with van der Waals surface area (Å²) < 4.78 is 5.15. The molecule has 1 saturated heterocycles. The lowest BCUT2D eigenvalue weighted by atomic mass is 10.1. The number of carbonyl (C=O) groups excluding carboxylic acids is 1. The van der Waals surface area contributed by atoms with E-state index in [-0.39, 0.29) is 11.9 Å². The molecule has 0 spiro atoms. The third-order valence-corrected chi connectivity index (χ3v) is 5.34. The third kappa shape index (κ3) is 3.90. The molecule has 2 aromatic rings. The first kappa shape index (κ1) is 16.4. The summed E-state index contributed by atoms with van der Waals surface area (Å²) in [6.45, 7) is 2.67. The molecular formula is C17H19ClN2O2S. The maximum Gasteiger partial charge on any atom is 0.233 e. The Bertz CT molecular complexity index is 689. The lowest BCUT2D eigenvalue weighted by Crippen LogP contribution is -2.32. The monoisotopic (exact) mass is 350 g/mol. The zero-order valence-corrected chi connectivity index (χ0v) is 14.6. The van der Waals surface area contributed by atoms with Crippen molar-refractivity contribution in [3.8, 4) is 0 Å². The molecule has 23 heavy (non-hydrogen) atoms. The Kier molecular flexibility index (Phi) is 5.28. The fourth-order valence-corrected chi connectivity index (χ4v) is 4.06. The molecular weight excluding hydrogens is 332 g/mol. The summed E-state index contributed by atoms with van der Waals surface area (Å²) in [5.41, 5.74) is 1.93. The SMILES string of the molecule is Cc1cc(C2CCCN2C(=O)CSCc2ccccc2Cl)no1. The van der Waals surface area contributed by atoms with Crippen molar-refractivity contribution in [3.63, 3.8) is 0 Å². The molecule has 0 N–H and O–H groups in total. The first-order valence-corrected chi connectivity index (χ1v) is 9.22. The van der Waals surface area contributed by atoms with E-state index in [4.69, 9.17) is 16.1 Å².